The maximum atomic E-state index is 13.4. The van der Waals surface area contributed by atoms with Gasteiger partial charge in [0.2, 0.25) is 5.88 Å². The number of carbonyl (C=O) groups excluding carboxylic acids is 2. The molecule has 0 spiro atoms. The van der Waals surface area contributed by atoms with E-state index >= 15 is 0 Å². The van der Waals surface area contributed by atoms with E-state index in [4.69, 9.17) is 9.88 Å². The van der Waals surface area contributed by atoms with Gasteiger partial charge in [-0.1, -0.05) is 37.1 Å². The largest absolute Gasteiger partial charge is 0.481 e. The van der Waals surface area contributed by atoms with Crippen LogP contribution in [-0.4, -0.2) is 45.9 Å². The fraction of sp³-hybridized carbons (Fsp3) is 0.438. The molecule has 0 radical (unpaired) electrons. The number of hydrogen-bond acceptors (Lipinski definition) is 6. The summed E-state index contributed by atoms with van der Waals surface area (Å²) < 4.78 is 22.5. The molecule has 3 fully saturated rings. The molecule has 44 heavy (non-hydrogen) atoms. The number of urea groups is 2. The van der Waals surface area contributed by atoms with E-state index in [1.807, 2.05) is 12.1 Å². The van der Waals surface area contributed by atoms with Crippen molar-refractivity contribution >= 4 is 27.7 Å². The Balaban J connectivity index is 1.09. The van der Waals surface area contributed by atoms with E-state index in [9.17, 15) is 13.8 Å². The van der Waals surface area contributed by atoms with Gasteiger partial charge in [0.25, 0.3) is 0 Å². The molecule has 232 valence electrons. The second-order valence-corrected chi connectivity index (χ2v) is 13.7. The van der Waals surface area contributed by atoms with E-state index < -0.39 is 15.9 Å². The minimum absolute atomic E-state index is 0.125. The Morgan fingerprint density at radius 3 is 2.59 bits per heavy atom. The minimum Gasteiger partial charge on any atom is -0.481 e. The Morgan fingerprint density at radius 1 is 1.07 bits per heavy atom. The monoisotopic (exact) mass is 617 g/mol. The summed E-state index contributed by atoms with van der Waals surface area (Å²) in [4.78, 5) is 34.3. The van der Waals surface area contributed by atoms with Crippen LogP contribution in [0.3, 0.4) is 0 Å². The summed E-state index contributed by atoms with van der Waals surface area (Å²) in [7, 11) is -1.99. The summed E-state index contributed by atoms with van der Waals surface area (Å²) in [5.41, 5.74) is 4.93. The molecule has 1 heterocycles. The topological polar surface area (TPSA) is 161 Å². The highest BCUT2D eigenvalue weighted by Gasteiger charge is 2.36. The summed E-state index contributed by atoms with van der Waals surface area (Å²) in [5.74, 6) is 1.76. The first-order valence-electron chi connectivity index (χ1n) is 15.3. The summed E-state index contributed by atoms with van der Waals surface area (Å²) in [5, 5.41) is 15.1. The number of carbonyl (C=O) groups is 2. The number of methoxy groups -OCH3 is 1. The molecule has 2 atom stereocenters. The molecular formula is C32H39N7O4S. The van der Waals surface area contributed by atoms with Gasteiger partial charge in [-0.15, -0.1) is 4.36 Å². The SMILES string of the molecule is COc1cc(-c2ccc3c(c2NC(=O)N=S(N)(=O)c2ccc(CCNC(=O)NC4CC5CCC4CC5)cc2)CCC3)ncn1. The lowest BCUT2D eigenvalue weighted by atomic mass is 9.68. The molecule has 4 aliphatic rings. The maximum Gasteiger partial charge on any atom is 0.354 e. The van der Waals surface area contributed by atoms with Crippen molar-refractivity contribution in [3.8, 4) is 17.1 Å². The first kappa shape index (κ1) is 30.0. The normalized spacial score (nSPS) is 21.5. The number of amides is 4. The number of anilines is 1. The molecular weight excluding hydrogens is 578 g/mol. The fourth-order valence-electron chi connectivity index (χ4n) is 6.87. The van der Waals surface area contributed by atoms with E-state index in [1.165, 1.54) is 39.1 Å². The van der Waals surface area contributed by atoms with Crippen LogP contribution in [-0.2, 0) is 29.2 Å². The molecule has 3 saturated carbocycles. The van der Waals surface area contributed by atoms with Gasteiger partial charge in [0, 0.05) is 24.2 Å². The van der Waals surface area contributed by atoms with E-state index in [-0.39, 0.29) is 17.0 Å². The van der Waals surface area contributed by atoms with Crippen molar-refractivity contribution in [3.63, 3.8) is 0 Å². The highest BCUT2D eigenvalue weighted by molar-refractivity contribution is 7.91. The van der Waals surface area contributed by atoms with Crippen molar-refractivity contribution in [3.05, 3.63) is 65.5 Å². The molecule has 4 aliphatic carbocycles. The zero-order valence-corrected chi connectivity index (χ0v) is 25.7. The third-order valence-corrected chi connectivity index (χ3v) is 10.6. The van der Waals surface area contributed by atoms with Crippen molar-refractivity contribution in [1.29, 1.82) is 0 Å². The molecule has 11 nitrogen and oxygen atoms in total. The molecule has 1 aromatic heterocycles. The lowest BCUT2D eigenvalue weighted by Gasteiger charge is -2.42. The van der Waals surface area contributed by atoms with Crippen LogP contribution in [0.5, 0.6) is 5.88 Å². The average Bonchev–Trinajstić information content (AvgIpc) is 3.51. The molecule has 4 amide bonds. The number of nitrogens with one attached hydrogen (secondary N) is 3. The van der Waals surface area contributed by atoms with Gasteiger partial charge >= 0.3 is 12.1 Å². The van der Waals surface area contributed by atoms with Crippen LogP contribution in [0, 0.1) is 11.8 Å². The third-order valence-electron chi connectivity index (χ3n) is 9.18. The smallest absolute Gasteiger partial charge is 0.354 e. The van der Waals surface area contributed by atoms with Crippen LogP contribution in [0.1, 0.15) is 55.2 Å². The highest BCUT2D eigenvalue weighted by atomic mass is 32.2. The van der Waals surface area contributed by atoms with Crippen molar-refractivity contribution in [2.24, 2.45) is 21.3 Å². The average molecular weight is 618 g/mol. The van der Waals surface area contributed by atoms with E-state index in [0.717, 1.165) is 48.3 Å². The number of aryl methyl sites for hydroxylation is 1. The van der Waals surface area contributed by atoms with E-state index in [1.54, 1.807) is 30.3 Å². The van der Waals surface area contributed by atoms with Gasteiger partial charge < -0.3 is 20.7 Å². The molecule has 0 aliphatic heterocycles. The molecule has 7 rings (SSSR count). The number of ether oxygens (including phenoxy) is 1. The van der Waals surface area contributed by atoms with E-state index in [2.05, 4.69) is 30.3 Å². The highest BCUT2D eigenvalue weighted by Crippen LogP contribution is 2.41. The summed E-state index contributed by atoms with van der Waals surface area (Å²) in [6.07, 6.45) is 10.8. The van der Waals surface area contributed by atoms with Crippen molar-refractivity contribution in [2.75, 3.05) is 19.0 Å². The summed E-state index contributed by atoms with van der Waals surface area (Å²) in [6, 6.07) is 11.8. The van der Waals surface area contributed by atoms with Gasteiger partial charge in [0.15, 0.2) is 0 Å². The van der Waals surface area contributed by atoms with Gasteiger partial charge in [0.1, 0.15) is 16.2 Å². The summed E-state index contributed by atoms with van der Waals surface area (Å²) >= 11 is 0. The van der Waals surface area contributed by atoms with Crippen molar-refractivity contribution in [1.82, 2.24) is 20.6 Å². The Kier molecular flexibility index (Phi) is 8.81. The van der Waals surface area contributed by atoms with Crippen molar-refractivity contribution < 1.29 is 18.5 Å². The van der Waals surface area contributed by atoms with Gasteiger partial charge in [-0.2, -0.15) is 0 Å². The van der Waals surface area contributed by atoms with Crippen LogP contribution in [0.15, 0.2) is 58.1 Å². The lowest BCUT2D eigenvalue weighted by Crippen LogP contribution is -2.50. The van der Waals surface area contributed by atoms with E-state index in [0.29, 0.717) is 41.7 Å². The standard InChI is InChI=1S/C32H39N7O4S/c1-43-29-18-28(35-19-36-29)26-14-11-22-3-2-4-25(22)30(26)38-32(41)39-44(33,42)24-12-7-20(8-13-24)15-16-34-31(40)37-27-17-21-5-9-23(27)10-6-21/h7-8,11-14,18-19,21,23,27H,2-6,9-10,15-17H2,1H3,(H2,34,37,40)(H3,33,38,39,41,42). The molecule has 2 bridgehead atoms. The Labute approximate surface area is 258 Å². The Hall–Kier alpha value is -4.03. The molecule has 2 aromatic carbocycles. The Bertz CT molecular complexity index is 1660. The maximum absolute atomic E-state index is 13.4. The van der Waals surface area contributed by atoms with Gasteiger partial charge in [-0.05, 0) is 85.6 Å². The number of rotatable bonds is 8. The zero-order chi connectivity index (χ0) is 30.7. The molecule has 12 heteroatoms. The van der Waals surface area contributed by atoms with Crippen LogP contribution in [0.2, 0.25) is 0 Å². The van der Waals surface area contributed by atoms with Crippen LogP contribution in [0.25, 0.3) is 11.3 Å². The van der Waals surface area contributed by atoms with Crippen molar-refractivity contribution in [2.45, 2.75) is 68.7 Å². The molecule has 2 unspecified atom stereocenters. The first-order valence-corrected chi connectivity index (χ1v) is 16.9. The number of aromatic nitrogens is 2. The minimum atomic E-state index is -3.52. The zero-order valence-electron chi connectivity index (χ0n) is 24.9. The lowest BCUT2D eigenvalue weighted by molar-refractivity contribution is 0.127. The number of nitrogens with two attached hydrogens (primary N) is 1. The number of nitrogens with zero attached hydrogens (tertiary/aromatic N) is 3. The third kappa shape index (κ3) is 6.71. The predicted molar refractivity (Wildman–Crippen MR) is 169 cm³/mol. The second-order valence-electron chi connectivity index (χ2n) is 11.9. The number of benzene rings is 2. The molecule has 0 saturated heterocycles. The Morgan fingerprint density at radius 2 is 1.86 bits per heavy atom. The van der Waals surface area contributed by atoms with Crippen LogP contribution >= 0.6 is 0 Å². The number of fused-ring (bicyclic) bond motifs is 4. The quantitative estimate of drug-likeness (QED) is 0.278. The van der Waals surface area contributed by atoms with Gasteiger partial charge in [-0.25, -0.2) is 28.9 Å². The fourth-order valence-corrected chi connectivity index (χ4v) is 7.80. The number of hydrogen-bond donors (Lipinski definition) is 4. The van der Waals surface area contributed by atoms with Gasteiger partial charge in [0.05, 0.1) is 23.4 Å². The van der Waals surface area contributed by atoms with Gasteiger partial charge in [-0.3, -0.25) is 0 Å². The molecule has 3 aromatic rings. The second kappa shape index (κ2) is 12.9. The van der Waals surface area contributed by atoms with Crippen LogP contribution < -0.4 is 25.8 Å². The molecule has 5 N–H and O–H groups in total. The summed E-state index contributed by atoms with van der Waals surface area (Å²) in [6.45, 7) is 0.471. The predicted octanol–water partition coefficient (Wildman–Crippen LogP) is 4.99. The first-order chi connectivity index (χ1) is 21.3. The van der Waals surface area contributed by atoms with Crippen LogP contribution in [0.4, 0.5) is 15.3 Å².